The summed E-state index contributed by atoms with van der Waals surface area (Å²) in [5.74, 6) is -4.63. The van der Waals surface area contributed by atoms with E-state index in [0.717, 1.165) is 38.5 Å². The normalized spacial score (nSPS) is 11.7. The second kappa shape index (κ2) is 24.2. The van der Waals surface area contributed by atoms with Gasteiger partial charge in [-0.25, -0.2) is 0 Å². The number of carboxylic acids is 2. The maximum atomic E-state index is 12.3. The van der Waals surface area contributed by atoms with E-state index < -0.39 is 23.4 Å². The summed E-state index contributed by atoms with van der Waals surface area (Å²) < 4.78 is 0. The van der Waals surface area contributed by atoms with Gasteiger partial charge in [0.05, 0.1) is 0 Å². The molecule has 0 spiro atoms. The van der Waals surface area contributed by atoms with E-state index in [1.54, 1.807) is 26.0 Å². The first kappa shape index (κ1) is 52.6. The van der Waals surface area contributed by atoms with Gasteiger partial charge in [0.1, 0.15) is 11.5 Å². The number of hydrogen-bond donors (Lipinski definition) is 6. The smallest absolute Gasteiger partial charge is 0.550 e. The second-order valence-electron chi connectivity index (χ2n) is 15.9. The predicted octanol–water partition coefficient (Wildman–Crippen LogP) is 1.78. The summed E-state index contributed by atoms with van der Waals surface area (Å²) in [6, 6.07) is 3.61. The number of fused-ring (bicyclic) bond motifs is 2. The van der Waals surface area contributed by atoms with Gasteiger partial charge in [0, 0.05) is 81.6 Å². The number of carbonyl (C=O) groups is 2. The molecule has 0 aromatic heterocycles. The van der Waals surface area contributed by atoms with Gasteiger partial charge in [-0.05, 0) is 86.1 Å². The number of carboxylic acid groups (broad SMARTS) is 2. The predicted molar refractivity (Wildman–Crippen MR) is 225 cm³/mol. The molecule has 0 fully saturated rings. The van der Waals surface area contributed by atoms with Crippen LogP contribution in [-0.4, -0.2) is 68.1 Å². The van der Waals surface area contributed by atoms with E-state index in [2.05, 4.69) is 9.98 Å². The Balaban J connectivity index is 0.00000620. The summed E-state index contributed by atoms with van der Waals surface area (Å²) in [6.07, 6.45) is 10.3. The minimum absolute atomic E-state index is 0. The van der Waals surface area contributed by atoms with Crippen LogP contribution in [0.4, 0.5) is 0 Å². The molecular formula is C46H58N2Na2O10. The van der Waals surface area contributed by atoms with E-state index in [4.69, 9.17) is 0 Å². The monoisotopic (exact) mass is 844 g/mol. The molecule has 14 heteroatoms. The molecule has 0 bridgehead atoms. The van der Waals surface area contributed by atoms with Crippen LogP contribution in [0.25, 0.3) is 32.7 Å². The number of benzene rings is 4. The molecular weight excluding hydrogens is 786 g/mol. The largest absolute Gasteiger partial charge is 1.00 e. The summed E-state index contributed by atoms with van der Waals surface area (Å²) in [7, 11) is 0. The van der Waals surface area contributed by atoms with Gasteiger partial charge in [-0.3, -0.25) is 9.98 Å². The molecule has 0 radical (unpaired) electrons. The molecule has 4 rings (SSSR count). The fraction of sp³-hybridized carbons (Fsp3) is 0.478. The minimum Gasteiger partial charge on any atom is -0.550 e. The SMILES string of the molecule is Cc1cc2c(C(C)C)c(O)c(O)c(C=NCCCCCCCC(=O)[O-])c2c(O)c1-c1c(C)cc2c(C(C)C)c(O)c(O)c(C=NCCCCCCCC(=O)[O-])c2c1O.[Na+].[Na+]. The van der Waals surface area contributed by atoms with Gasteiger partial charge in [0.25, 0.3) is 0 Å². The van der Waals surface area contributed by atoms with Gasteiger partial charge in [0.2, 0.25) is 0 Å². The number of aliphatic carboxylic acids is 2. The van der Waals surface area contributed by atoms with Crippen molar-refractivity contribution < 1.29 is 110 Å². The number of aliphatic imine (C=N–C) groups is 2. The van der Waals surface area contributed by atoms with Gasteiger partial charge in [0.15, 0.2) is 23.0 Å². The van der Waals surface area contributed by atoms with Crippen LogP contribution in [0.1, 0.15) is 150 Å². The maximum absolute atomic E-state index is 12.3. The van der Waals surface area contributed by atoms with E-state index in [0.29, 0.717) is 71.8 Å². The van der Waals surface area contributed by atoms with Crippen molar-refractivity contribution in [2.45, 2.75) is 130 Å². The van der Waals surface area contributed by atoms with Crippen LogP contribution >= 0.6 is 0 Å². The van der Waals surface area contributed by atoms with Crippen LogP contribution in [0, 0.1) is 13.8 Å². The molecule has 0 saturated heterocycles. The summed E-state index contributed by atoms with van der Waals surface area (Å²) >= 11 is 0. The Morgan fingerprint density at radius 3 is 1.17 bits per heavy atom. The van der Waals surface area contributed by atoms with E-state index in [9.17, 15) is 50.4 Å². The standard InChI is InChI=1S/C46H60N2O10.2Na/c1-25(2)35-29-21-27(5)37(43(55)39(29)31(41(53)45(35)57)23-47-19-15-11-7-9-13-17-33(49)50)38-28(6)22-30-36(26(3)4)46(58)42(54)32(40(30)44(38)56)24-48-20-16-12-8-10-14-18-34(51)52;;/h21-26,53-58H,7-20H2,1-6H3,(H,49,50)(H,51,52);;/q;2*+1/p-2. The summed E-state index contributed by atoms with van der Waals surface area (Å²) in [5.41, 5.74) is 2.77. The summed E-state index contributed by atoms with van der Waals surface area (Å²) in [5, 5.41) is 92.8. The molecule has 0 aliphatic rings. The van der Waals surface area contributed by atoms with Gasteiger partial charge in [-0.1, -0.05) is 78.4 Å². The van der Waals surface area contributed by atoms with Crippen molar-refractivity contribution >= 4 is 45.9 Å². The van der Waals surface area contributed by atoms with Crippen molar-refractivity contribution in [3.8, 4) is 45.6 Å². The molecule has 0 unspecified atom stereocenters. The third kappa shape index (κ3) is 12.3. The Hall–Kier alpha value is -3.52. The van der Waals surface area contributed by atoms with Gasteiger partial charge in [-0.15, -0.1) is 0 Å². The molecule has 0 aliphatic carbocycles. The zero-order chi connectivity index (χ0) is 42.8. The van der Waals surface area contributed by atoms with Crippen LogP contribution < -0.4 is 69.3 Å². The fourth-order valence-electron chi connectivity index (χ4n) is 7.94. The van der Waals surface area contributed by atoms with Crippen LogP contribution in [0.15, 0.2) is 22.1 Å². The second-order valence-corrected chi connectivity index (χ2v) is 15.9. The Kier molecular flexibility index (Phi) is 21.2. The quantitative estimate of drug-likeness (QED) is 0.0309. The average molecular weight is 845 g/mol. The molecule has 314 valence electrons. The van der Waals surface area contributed by atoms with Crippen molar-refractivity contribution in [2.24, 2.45) is 9.98 Å². The van der Waals surface area contributed by atoms with Crippen molar-refractivity contribution in [3.63, 3.8) is 0 Å². The number of phenols is 6. The molecule has 4 aromatic rings. The number of carbonyl (C=O) groups excluding carboxylic acids is 2. The summed E-state index contributed by atoms with van der Waals surface area (Å²) in [6.45, 7) is 11.8. The Bertz CT molecular complexity index is 2060. The first-order valence-electron chi connectivity index (χ1n) is 20.4. The van der Waals surface area contributed by atoms with Gasteiger partial charge >= 0.3 is 59.1 Å². The van der Waals surface area contributed by atoms with Crippen LogP contribution in [-0.2, 0) is 9.59 Å². The third-order valence-electron chi connectivity index (χ3n) is 10.8. The molecule has 0 aliphatic heterocycles. The maximum Gasteiger partial charge on any atom is 1.00 e. The molecule has 0 saturated carbocycles. The van der Waals surface area contributed by atoms with Crippen LogP contribution in [0.5, 0.6) is 34.5 Å². The number of nitrogens with zero attached hydrogens (tertiary/aromatic N) is 2. The first-order valence-corrected chi connectivity index (χ1v) is 20.4. The zero-order valence-electron chi connectivity index (χ0n) is 36.6. The number of phenolic OH excluding ortho intramolecular Hbond substituents is 6. The average Bonchev–Trinajstić information content (AvgIpc) is 3.14. The Morgan fingerprint density at radius 2 is 0.850 bits per heavy atom. The Labute approximate surface area is 397 Å². The molecule has 0 atom stereocenters. The van der Waals surface area contributed by atoms with Gasteiger partial charge in [-0.2, -0.15) is 0 Å². The van der Waals surface area contributed by atoms with Crippen molar-refractivity contribution in [2.75, 3.05) is 13.1 Å². The summed E-state index contributed by atoms with van der Waals surface area (Å²) in [4.78, 5) is 30.4. The zero-order valence-corrected chi connectivity index (χ0v) is 40.6. The number of unbranched alkanes of at least 4 members (excludes halogenated alkanes) is 8. The van der Waals surface area contributed by atoms with Crippen molar-refractivity contribution in [3.05, 3.63) is 45.5 Å². The molecule has 4 aromatic carbocycles. The van der Waals surface area contributed by atoms with E-state index in [1.165, 1.54) is 12.4 Å². The molecule has 12 nitrogen and oxygen atoms in total. The first-order chi connectivity index (χ1) is 27.5. The number of aromatic hydroxyl groups is 6. The molecule has 0 amide bonds. The minimum atomic E-state index is -1.06. The molecule has 0 heterocycles. The van der Waals surface area contributed by atoms with E-state index in [1.807, 2.05) is 27.7 Å². The number of rotatable bonds is 21. The fourth-order valence-corrected chi connectivity index (χ4v) is 7.94. The van der Waals surface area contributed by atoms with E-state index >= 15 is 0 Å². The topological polar surface area (TPSA) is 226 Å². The Morgan fingerprint density at radius 1 is 0.533 bits per heavy atom. The number of hydrogen-bond acceptors (Lipinski definition) is 12. The van der Waals surface area contributed by atoms with Gasteiger partial charge < -0.3 is 50.4 Å². The van der Waals surface area contributed by atoms with Crippen LogP contribution in [0.2, 0.25) is 0 Å². The van der Waals surface area contributed by atoms with Crippen molar-refractivity contribution in [1.29, 1.82) is 0 Å². The third-order valence-corrected chi connectivity index (χ3v) is 10.8. The van der Waals surface area contributed by atoms with E-state index in [-0.39, 0.29) is 140 Å². The molecule has 60 heavy (non-hydrogen) atoms. The van der Waals surface area contributed by atoms with Crippen molar-refractivity contribution in [1.82, 2.24) is 0 Å². The van der Waals surface area contributed by atoms with Crippen LogP contribution in [0.3, 0.4) is 0 Å². The molecule has 6 N–H and O–H groups in total. The number of aryl methyl sites for hydroxylation is 2.